The number of hydrogen-bond donors (Lipinski definition) is 1. The zero-order valence-corrected chi connectivity index (χ0v) is 13.7. The Morgan fingerprint density at radius 2 is 1.85 bits per heavy atom. The number of rotatable bonds is 5. The van der Waals surface area contributed by atoms with E-state index >= 15 is 0 Å². The van der Waals surface area contributed by atoms with Gasteiger partial charge in [0.1, 0.15) is 0 Å². The highest BCUT2D eigenvalue weighted by molar-refractivity contribution is 7.11. The zero-order valence-electron chi connectivity index (χ0n) is 12.0. The van der Waals surface area contributed by atoms with Gasteiger partial charge in [-0.3, -0.25) is 0 Å². The predicted molar refractivity (Wildman–Crippen MR) is 89.6 cm³/mol. The molecule has 2 atom stereocenters. The Hall–Kier alpha value is -0.640. The highest BCUT2D eigenvalue weighted by atomic mass is 32.1. The Bertz CT molecular complexity index is 455. The highest BCUT2D eigenvalue weighted by Crippen LogP contribution is 2.32. The van der Waals surface area contributed by atoms with Crippen molar-refractivity contribution in [2.24, 2.45) is 11.8 Å². The van der Waals surface area contributed by atoms with Crippen molar-refractivity contribution in [3.05, 3.63) is 44.8 Å². The van der Waals surface area contributed by atoms with Gasteiger partial charge in [0, 0.05) is 9.75 Å². The fourth-order valence-electron chi connectivity index (χ4n) is 3.28. The molecule has 2 heterocycles. The largest absolute Gasteiger partial charge is 0.305 e. The summed E-state index contributed by atoms with van der Waals surface area (Å²) in [6, 6.07) is 9.22. The van der Waals surface area contributed by atoms with Crippen LogP contribution in [0.2, 0.25) is 0 Å². The molecule has 0 saturated heterocycles. The molecule has 0 bridgehead atoms. The van der Waals surface area contributed by atoms with Crippen molar-refractivity contribution in [1.29, 1.82) is 0 Å². The molecule has 0 spiro atoms. The van der Waals surface area contributed by atoms with Crippen LogP contribution in [0.5, 0.6) is 0 Å². The van der Waals surface area contributed by atoms with Crippen LogP contribution in [0, 0.1) is 11.8 Å². The summed E-state index contributed by atoms with van der Waals surface area (Å²) in [4.78, 5) is 2.88. The Morgan fingerprint density at radius 1 is 1.15 bits per heavy atom. The first-order valence-electron chi connectivity index (χ1n) is 7.63. The maximum Gasteiger partial charge on any atom is 0.0764 e. The molecule has 1 aliphatic carbocycles. The quantitative estimate of drug-likeness (QED) is 0.789. The summed E-state index contributed by atoms with van der Waals surface area (Å²) >= 11 is 3.72. The Balaban J connectivity index is 1.65. The lowest BCUT2D eigenvalue weighted by Gasteiger charge is -2.28. The molecular weight excluding hydrogens is 282 g/mol. The number of thiophene rings is 2. The zero-order chi connectivity index (χ0) is 13.8. The van der Waals surface area contributed by atoms with Gasteiger partial charge in [-0.15, -0.1) is 22.7 Å². The van der Waals surface area contributed by atoms with E-state index in [1.54, 1.807) is 0 Å². The van der Waals surface area contributed by atoms with Crippen molar-refractivity contribution < 1.29 is 0 Å². The van der Waals surface area contributed by atoms with Crippen molar-refractivity contribution >= 4 is 22.7 Å². The van der Waals surface area contributed by atoms with Crippen LogP contribution in [0.4, 0.5) is 0 Å². The van der Waals surface area contributed by atoms with Crippen LogP contribution in [-0.4, -0.2) is 6.54 Å². The molecule has 0 radical (unpaired) electrons. The van der Waals surface area contributed by atoms with E-state index < -0.39 is 0 Å². The molecule has 1 N–H and O–H groups in total. The summed E-state index contributed by atoms with van der Waals surface area (Å²) in [6.45, 7) is 3.56. The fraction of sp³-hybridized carbons (Fsp3) is 0.529. The lowest BCUT2D eigenvalue weighted by molar-refractivity contribution is 0.271. The standard InChI is InChI=1S/C17H23NS2/c1-13-5-2-6-14(11-13)12-18-17(15-7-3-9-19-15)16-8-4-10-20-16/h3-4,7-10,13-14,17-18H,2,5-6,11-12H2,1H3. The molecule has 20 heavy (non-hydrogen) atoms. The first-order valence-corrected chi connectivity index (χ1v) is 9.39. The second kappa shape index (κ2) is 6.88. The molecule has 2 aromatic rings. The van der Waals surface area contributed by atoms with Crippen LogP contribution in [0.15, 0.2) is 35.0 Å². The highest BCUT2D eigenvalue weighted by Gasteiger charge is 2.21. The van der Waals surface area contributed by atoms with E-state index in [-0.39, 0.29) is 0 Å². The summed E-state index contributed by atoms with van der Waals surface area (Å²) in [5, 5.41) is 8.20. The molecule has 3 rings (SSSR count). The molecule has 1 fully saturated rings. The minimum Gasteiger partial charge on any atom is -0.305 e. The summed E-state index contributed by atoms with van der Waals surface area (Å²) in [7, 11) is 0. The molecule has 2 unspecified atom stereocenters. The van der Waals surface area contributed by atoms with Gasteiger partial charge in [-0.1, -0.05) is 31.9 Å². The monoisotopic (exact) mass is 305 g/mol. The lowest BCUT2D eigenvalue weighted by Crippen LogP contribution is -2.29. The molecule has 108 valence electrons. The minimum absolute atomic E-state index is 0.396. The number of nitrogens with one attached hydrogen (secondary N) is 1. The van der Waals surface area contributed by atoms with E-state index in [0.717, 1.165) is 18.4 Å². The van der Waals surface area contributed by atoms with Gasteiger partial charge in [0.15, 0.2) is 0 Å². The van der Waals surface area contributed by atoms with E-state index in [9.17, 15) is 0 Å². The average Bonchev–Trinajstić information content (AvgIpc) is 3.12. The Kier molecular flexibility index (Phi) is 4.92. The van der Waals surface area contributed by atoms with Gasteiger partial charge in [0.25, 0.3) is 0 Å². The van der Waals surface area contributed by atoms with Gasteiger partial charge in [-0.25, -0.2) is 0 Å². The van der Waals surface area contributed by atoms with Crippen LogP contribution in [0.3, 0.4) is 0 Å². The SMILES string of the molecule is CC1CCCC(CNC(c2cccs2)c2cccs2)C1. The molecule has 2 aromatic heterocycles. The van der Waals surface area contributed by atoms with Crippen molar-refractivity contribution in [2.45, 2.75) is 38.6 Å². The smallest absolute Gasteiger partial charge is 0.0764 e. The third kappa shape index (κ3) is 3.51. The van der Waals surface area contributed by atoms with Crippen molar-refractivity contribution in [3.8, 4) is 0 Å². The maximum atomic E-state index is 3.84. The van der Waals surface area contributed by atoms with Gasteiger partial charge in [-0.05, 0) is 54.1 Å². The van der Waals surface area contributed by atoms with Crippen LogP contribution >= 0.6 is 22.7 Å². The van der Waals surface area contributed by atoms with Crippen molar-refractivity contribution in [1.82, 2.24) is 5.32 Å². The van der Waals surface area contributed by atoms with Crippen LogP contribution < -0.4 is 5.32 Å². The summed E-state index contributed by atoms with van der Waals surface area (Å²) < 4.78 is 0. The average molecular weight is 306 g/mol. The maximum absolute atomic E-state index is 3.84. The predicted octanol–water partition coefficient (Wildman–Crippen LogP) is 5.31. The topological polar surface area (TPSA) is 12.0 Å². The second-order valence-electron chi connectivity index (χ2n) is 6.01. The lowest BCUT2D eigenvalue weighted by atomic mass is 9.82. The summed E-state index contributed by atoms with van der Waals surface area (Å²) in [6.07, 6.45) is 5.64. The van der Waals surface area contributed by atoms with Crippen LogP contribution in [0.1, 0.15) is 48.4 Å². The molecule has 3 heteroatoms. The molecular formula is C17H23NS2. The van der Waals surface area contributed by atoms with E-state index in [4.69, 9.17) is 0 Å². The first kappa shape index (κ1) is 14.3. The fourth-order valence-corrected chi connectivity index (χ4v) is 4.99. The van der Waals surface area contributed by atoms with Gasteiger partial charge in [0.2, 0.25) is 0 Å². The third-order valence-corrected chi connectivity index (χ3v) is 6.19. The van der Waals surface area contributed by atoms with Crippen molar-refractivity contribution in [2.75, 3.05) is 6.54 Å². The minimum atomic E-state index is 0.396. The first-order chi connectivity index (χ1) is 9.83. The molecule has 1 nitrogen and oxygen atoms in total. The third-order valence-electron chi connectivity index (χ3n) is 4.31. The van der Waals surface area contributed by atoms with Gasteiger partial charge in [0.05, 0.1) is 6.04 Å². The van der Waals surface area contributed by atoms with Crippen molar-refractivity contribution in [3.63, 3.8) is 0 Å². The van der Waals surface area contributed by atoms with E-state index in [0.29, 0.717) is 6.04 Å². The van der Waals surface area contributed by atoms with E-state index in [1.807, 2.05) is 22.7 Å². The Morgan fingerprint density at radius 3 is 2.40 bits per heavy atom. The molecule has 1 saturated carbocycles. The molecule has 0 aromatic carbocycles. The van der Waals surface area contributed by atoms with Gasteiger partial charge in [-0.2, -0.15) is 0 Å². The van der Waals surface area contributed by atoms with E-state index in [1.165, 1.54) is 35.4 Å². The summed E-state index contributed by atoms with van der Waals surface area (Å²) in [5.74, 6) is 1.78. The van der Waals surface area contributed by atoms with E-state index in [2.05, 4.69) is 47.3 Å². The molecule has 0 aliphatic heterocycles. The summed E-state index contributed by atoms with van der Waals surface area (Å²) in [5.41, 5.74) is 0. The van der Waals surface area contributed by atoms with Gasteiger partial charge < -0.3 is 5.32 Å². The second-order valence-corrected chi connectivity index (χ2v) is 7.97. The molecule has 0 amide bonds. The van der Waals surface area contributed by atoms with Crippen LogP contribution in [0.25, 0.3) is 0 Å². The van der Waals surface area contributed by atoms with Crippen LogP contribution in [-0.2, 0) is 0 Å². The number of hydrogen-bond acceptors (Lipinski definition) is 3. The van der Waals surface area contributed by atoms with Gasteiger partial charge >= 0.3 is 0 Å². The Labute approximate surface area is 130 Å². The molecule has 1 aliphatic rings. The normalized spacial score (nSPS) is 23.3.